The zero-order valence-corrected chi connectivity index (χ0v) is 14.1. The molecule has 1 fully saturated rings. The van der Waals surface area contributed by atoms with Gasteiger partial charge in [0.25, 0.3) is 5.91 Å². The van der Waals surface area contributed by atoms with Crippen molar-refractivity contribution in [2.45, 2.75) is 45.6 Å². The van der Waals surface area contributed by atoms with Gasteiger partial charge in [0, 0.05) is 12.1 Å². The van der Waals surface area contributed by atoms with Crippen LogP contribution >= 0.6 is 0 Å². The first kappa shape index (κ1) is 17.3. The van der Waals surface area contributed by atoms with Crippen LogP contribution in [-0.2, 0) is 4.79 Å². The first-order valence-electron chi connectivity index (χ1n) is 8.12. The number of ether oxygens (including phenoxy) is 2. The van der Waals surface area contributed by atoms with Crippen LogP contribution in [0, 0.1) is 5.92 Å². The summed E-state index contributed by atoms with van der Waals surface area (Å²) in [6.45, 7) is 3.54. The third-order valence-corrected chi connectivity index (χ3v) is 4.38. The monoisotopic (exact) mass is 319 g/mol. The molecule has 1 aliphatic rings. The summed E-state index contributed by atoms with van der Waals surface area (Å²) in [7, 11) is 1.55. The molecular weight excluding hydrogens is 294 g/mol. The summed E-state index contributed by atoms with van der Waals surface area (Å²) >= 11 is 0. The Balaban J connectivity index is 1.96. The average molecular weight is 319 g/mol. The van der Waals surface area contributed by atoms with Crippen molar-refractivity contribution in [3.8, 4) is 11.5 Å². The van der Waals surface area contributed by atoms with Crippen LogP contribution in [0.4, 0.5) is 0 Å². The van der Waals surface area contributed by atoms with Crippen molar-refractivity contribution in [2.75, 3.05) is 13.7 Å². The fourth-order valence-corrected chi connectivity index (χ4v) is 2.96. The highest BCUT2D eigenvalue weighted by Gasteiger charge is 2.23. The van der Waals surface area contributed by atoms with Crippen molar-refractivity contribution in [3.63, 3.8) is 0 Å². The first-order chi connectivity index (χ1) is 11.0. The van der Waals surface area contributed by atoms with Gasteiger partial charge in [-0.15, -0.1) is 0 Å². The number of Topliss-reactive ketones (excluding diaryl/α,β-unsaturated/α-hetero) is 1. The van der Waals surface area contributed by atoms with E-state index >= 15 is 0 Å². The zero-order chi connectivity index (χ0) is 16.8. The number of carbonyl (C=O) groups is 2. The molecular formula is C18H25NO4. The van der Waals surface area contributed by atoms with Gasteiger partial charge in [0.1, 0.15) is 11.5 Å². The first-order valence-corrected chi connectivity index (χ1v) is 8.12. The maximum absolute atomic E-state index is 12.1. The van der Waals surface area contributed by atoms with Crippen molar-refractivity contribution in [2.24, 2.45) is 5.92 Å². The van der Waals surface area contributed by atoms with Gasteiger partial charge in [-0.25, -0.2) is 0 Å². The third kappa shape index (κ3) is 4.71. The quantitative estimate of drug-likeness (QED) is 0.819. The molecule has 0 unspecified atom stereocenters. The molecule has 1 aromatic carbocycles. The van der Waals surface area contributed by atoms with Gasteiger partial charge < -0.3 is 14.8 Å². The standard InChI is InChI=1S/C18H25NO4/c1-12-6-4-5-7-16(12)19-18(21)11-23-17-10-14(22-3)8-9-15(17)13(2)20/h8-10,12,16H,4-7,11H2,1-3H3,(H,19,21)/t12-,16-/m1/s1. The summed E-state index contributed by atoms with van der Waals surface area (Å²) in [5.74, 6) is 1.21. The molecule has 5 nitrogen and oxygen atoms in total. The molecule has 23 heavy (non-hydrogen) atoms. The number of methoxy groups -OCH3 is 1. The highest BCUT2D eigenvalue weighted by atomic mass is 16.5. The number of nitrogens with one attached hydrogen (secondary N) is 1. The van der Waals surface area contributed by atoms with E-state index in [2.05, 4.69) is 12.2 Å². The van der Waals surface area contributed by atoms with E-state index < -0.39 is 0 Å². The SMILES string of the molecule is COc1ccc(C(C)=O)c(OCC(=O)N[C@@H]2CCCC[C@H]2C)c1. The Morgan fingerprint density at radius 1 is 1.26 bits per heavy atom. The number of carbonyl (C=O) groups excluding carboxylic acids is 2. The molecule has 1 N–H and O–H groups in total. The summed E-state index contributed by atoms with van der Waals surface area (Å²) in [5.41, 5.74) is 0.449. The van der Waals surface area contributed by atoms with Crippen LogP contribution in [0.15, 0.2) is 18.2 Å². The van der Waals surface area contributed by atoms with Crippen LogP contribution in [0.2, 0.25) is 0 Å². The van der Waals surface area contributed by atoms with Crippen LogP contribution in [0.5, 0.6) is 11.5 Å². The number of benzene rings is 1. The highest BCUT2D eigenvalue weighted by molar-refractivity contribution is 5.97. The number of ketones is 1. The molecule has 0 aliphatic heterocycles. The number of amides is 1. The fraction of sp³-hybridized carbons (Fsp3) is 0.556. The second-order valence-corrected chi connectivity index (χ2v) is 6.14. The lowest BCUT2D eigenvalue weighted by Crippen LogP contribution is -2.43. The molecule has 1 aromatic rings. The molecule has 5 heteroatoms. The van der Waals surface area contributed by atoms with Gasteiger partial charge in [0.15, 0.2) is 12.4 Å². The Morgan fingerprint density at radius 3 is 2.65 bits per heavy atom. The molecule has 2 rings (SSSR count). The predicted molar refractivity (Wildman–Crippen MR) is 88.1 cm³/mol. The van der Waals surface area contributed by atoms with Gasteiger partial charge in [-0.2, -0.15) is 0 Å². The largest absolute Gasteiger partial charge is 0.497 e. The van der Waals surface area contributed by atoms with Crippen LogP contribution in [0.1, 0.15) is 49.9 Å². The maximum atomic E-state index is 12.1. The smallest absolute Gasteiger partial charge is 0.258 e. The van der Waals surface area contributed by atoms with Crippen molar-refractivity contribution < 1.29 is 19.1 Å². The van der Waals surface area contributed by atoms with Crippen molar-refractivity contribution >= 4 is 11.7 Å². The minimum absolute atomic E-state index is 0.101. The molecule has 126 valence electrons. The molecule has 0 bridgehead atoms. The van der Waals surface area contributed by atoms with Gasteiger partial charge in [0.2, 0.25) is 0 Å². The molecule has 0 spiro atoms. The lowest BCUT2D eigenvalue weighted by molar-refractivity contribution is -0.124. The van der Waals surface area contributed by atoms with E-state index in [0.717, 1.165) is 19.3 Å². The van der Waals surface area contributed by atoms with Crippen LogP contribution in [0.3, 0.4) is 0 Å². The summed E-state index contributed by atoms with van der Waals surface area (Å²) in [6.07, 6.45) is 4.55. The minimum atomic E-state index is -0.152. The lowest BCUT2D eigenvalue weighted by Gasteiger charge is -2.29. The summed E-state index contributed by atoms with van der Waals surface area (Å²) in [5, 5.41) is 3.04. The van der Waals surface area contributed by atoms with E-state index in [4.69, 9.17) is 9.47 Å². The number of hydrogen-bond donors (Lipinski definition) is 1. The van der Waals surface area contributed by atoms with Crippen LogP contribution in [0.25, 0.3) is 0 Å². The van der Waals surface area contributed by atoms with Gasteiger partial charge in [0.05, 0.1) is 12.7 Å². The van der Waals surface area contributed by atoms with E-state index in [0.29, 0.717) is 23.0 Å². The molecule has 1 amide bonds. The van der Waals surface area contributed by atoms with Crippen LogP contribution < -0.4 is 14.8 Å². The Hall–Kier alpha value is -2.04. The summed E-state index contributed by atoms with van der Waals surface area (Å²) in [4.78, 5) is 23.8. The lowest BCUT2D eigenvalue weighted by atomic mass is 9.86. The topological polar surface area (TPSA) is 64.6 Å². The maximum Gasteiger partial charge on any atom is 0.258 e. The molecule has 0 radical (unpaired) electrons. The predicted octanol–water partition coefficient (Wildman–Crippen LogP) is 2.97. The van der Waals surface area contributed by atoms with Crippen molar-refractivity contribution in [1.82, 2.24) is 5.32 Å². The molecule has 1 aliphatic carbocycles. The summed E-state index contributed by atoms with van der Waals surface area (Å²) in [6, 6.07) is 5.20. The molecule has 2 atom stereocenters. The van der Waals surface area contributed by atoms with E-state index in [1.165, 1.54) is 13.3 Å². The summed E-state index contributed by atoms with van der Waals surface area (Å²) < 4.78 is 10.7. The Morgan fingerprint density at radius 2 is 2.00 bits per heavy atom. The van der Waals surface area contributed by atoms with E-state index in [1.54, 1.807) is 25.3 Å². The van der Waals surface area contributed by atoms with Crippen molar-refractivity contribution in [1.29, 1.82) is 0 Å². The molecule has 0 heterocycles. The van der Waals surface area contributed by atoms with E-state index in [1.807, 2.05) is 0 Å². The second-order valence-electron chi connectivity index (χ2n) is 6.14. The normalized spacial score (nSPS) is 20.7. The zero-order valence-electron chi connectivity index (χ0n) is 14.1. The van der Waals surface area contributed by atoms with E-state index in [-0.39, 0.29) is 24.3 Å². The minimum Gasteiger partial charge on any atom is -0.497 e. The van der Waals surface area contributed by atoms with Gasteiger partial charge in [-0.1, -0.05) is 19.8 Å². The number of rotatable bonds is 6. The Labute approximate surface area is 137 Å². The highest BCUT2D eigenvalue weighted by Crippen LogP contribution is 2.26. The molecule has 0 saturated heterocycles. The van der Waals surface area contributed by atoms with Gasteiger partial charge in [-0.3, -0.25) is 9.59 Å². The van der Waals surface area contributed by atoms with Crippen molar-refractivity contribution in [3.05, 3.63) is 23.8 Å². The fourth-order valence-electron chi connectivity index (χ4n) is 2.96. The molecule has 0 aromatic heterocycles. The Bertz CT molecular complexity index is 570. The van der Waals surface area contributed by atoms with Gasteiger partial charge >= 0.3 is 0 Å². The second kappa shape index (κ2) is 7.99. The average Bonchev–Trinajstić information content (AvgIpc) is 2.54. The van der Waals surface area contributed by atoms with Crippen LogP contribution in [-0.4, -0.2) is 31.4 Å². The number of hydrogen-bond acceptors (Lipinski definition) is 4. The molecule has 1 saturated carbocycles. The Kier molecular flexibility index (Phi) is 6.02. The van der Waals surface area contributed by atoms with E-state index in [9.17, 15) is 9.59 Å². The van der Waals surface area contributed by atoms with Gasteiger partial charge in [-0.05, 0) is 37.8 Å². The third-order valence-electron chi connectivity index (χ3n) is 4.38.